The molecule has 1 aliphatic heterocycles. The number of alkyl halides is 1. The molecule has 1 aromatic rings. The Balaban J connectivity index is 2.02. The van der Waals surface area contributed by atoms with Crippen LogP contribution in [0.15, 0.2) is 24.3 Å². The molecule has 3 nitrogen and oxygen atoms in total. The molecule has 2 rings (SSSR count). The lowest BCUT2D eigenvalue weighted by Gasteiger charge is -2.42. The molecule has 0 aliphatic carbocycles. The third kappa shape index (κ3) is 4.11. The van der Waals surface area contributed by atoms with Crippen LogP contribution in [0.2, 0.25) is 5.02 Å². The molecule has 1 saturated heterocycles. The molecule has 1 amide bonds. The fourth-order valence-corrected chi connectivity index (χ4v) is 2.74. The number of halogens is 2. The Kier molecular flexibility index (Phi) is 4.95. The van der Waals surface area contributed by atoms with E-state index in [-0.39, 0.29) is 17.6 Å². The molecule has 0 spiro atoms. The summed E-state index contributed by atoms with van der Waals surface area (Å²) in [7, 11) is 0. The number of carbonyl (C=O) groups is 1. The van der Waals surface area contributed by atoms with Crippen LogP contribution in [-0.2, 0) is 16.0 Å². The highest BCUT2D eigenvalue weighted by Crippen LogP contribution is 2.22. The van der Waals surface area contributed by atoms with Gasteiger partial charge in [-0.3, -0.25) is 4.79 Å². The summed E-state index contributed by atoms with van der Waals surface area (Å²) in [6, 6.07) is 7.36. The largest absolute Gasteiger partial charge is 0.367 e. The van der Waals surface area contributed by atoms with Crippen LogP contribution in [0.3, 0.4) is 0 Å². The smallest absolute Gasteiger partial charge is 0.227 e. The minimum absolute atomic E-state index is 0.0961. The van der Waals surface area contributed by atoms with Gasteiger partial charge in [-0.1, -0.05) is 23.7 Å². The predicted molar refractivity (Wildman–Crippen MR) is 81.4 cm³/mol. The van der Waals surface area contributed by atoms with Crippen LogP contribution in [0.25, 0.3) is 0 Å². The second-order valence-corrected chi connectivity index (χ2v) is 6.48. The normalized spacial score (nSPS) is 21.8. The van der Waals surface area contributed by atoms with Gasteiger partial charge in [0.25, 0.3) is 0 Å². The van der Waals surface area contributed by atoms with Crippen molar-refractivity contribution in [3.8, 4) is 0 Å². The topological polar surface area (TPSA) is 29.5 Å². The Hall–Kier alpha value is -0.770. The van der Waals surface area contributed by atoms with Crippen molar-refractivity contribution in [2.24, 2.45) is 0 Å². The lowest BCUT2D eigenvalue weighted by atomic mass is 10.0. The maximum absolute atomic E-state index is 12.4. The lowest BCUT2D eigenvalue weighted by molar-refractivity contribution is -0.156. The highest BCUT2D eigenvalue weighted by Gasteiger charge is 2.34. The van der Waals surface area contributed by atoms with E-state index in [4.69, 9.17) is 27.9 Å². The highest BCUT2D eigenvalue weighted by atomic mass is 35.5. The summed E-state index contributed by atoms with van der Waals surface area (Å²) in [5.74, 6) is 0.493. The molecule has 20 heavy (non-hydrogen) atoms. The van der Waals surface area contributed by atoms with Crippen molar-refractivity contribution in [2.75, 3.05) is 19.0 Å². The van der Waals surface area contributed by atoms with Gasteiger partial charge in [-0.15, -0.1) is 11.6 Å². The van der Waals surface area contributed by atoms with E-state index >= 15 is 0 Å². The van der Waals surface area contributed by atoms with Gasteiger partial charge in [0.05, 0.1) is 24.0 Å². The minimum atomic E-state index is -0.354. The first-order chi connectivity index (χ1) is 9.39. The Labute approximate surface area is 129 Å². The van der Waals surface area contributed by atoms with Crippen LogP contribution in [-0.4, -0.2) is 41.5 Å². The molecule has 0 radical (unpaired) electrons. The van der Waals surface area contributed by atoms with Crippen LogP contribution >= 0.6 is 23.2 Å². The molecule has 1 heterocycles. The summed E-state index contributed by atoms with van der Waals surface area (Å²) in [4.78, 5) is 14.2. The second-order valence-electron chi connectivity index (χ2n) is 5.73. The van der Waals surface area contributed by atoms with E-state index in [1.165, 1.54) is 0 Å². The van der Waals surface area contributed by atoms with Gasteiger partial charge in [-0.05, 0) is 31.5 Å². The minimum Gasteiger partial charge on any atom is -0.367 e. The van der Waals surface area contributed by atoms with E-state index in [9.17, 15) is 4.79 Å². The number of rotatable bonds is 3. The van der Waals surface area contributed by atoms with Crippen LogP contribution < -0.4 is 0 Å². The van der Waals surface area contributed by atoms with Gasteiger partial charge < -0.3 is 9.64 Å². The van der Waals surface area contributed by atoms with Crippen molar-refractivity contribution in [2.45, 2.75) is 32.0 Å². The molecular formula is C15H19Cl2NO2. The first-order valence-corrected chi connectivity index (χ1v) is 7.57. The number of hydrogen-bond donors (Lipinski definition) is 0. The summed E-state index contributed by atoms with van der Waals surface area (Å²) in [5.41, 5.74) is 0.610. The fourth-order valence-electron chi connectivity index (χ4n) is 2.45. The van der Waals surface area contributed by atoms with Crippen molar-refractivity contribution in [3.63, 3.8) is 0 Å². The number of nitrogens with zero attached hydrogens (tertiary/aromatic N) is 1. The Bertz CT molecular complexity index is 473. The van der Waals surface area contributed by atoms with Crippen LogP contribution in [0.1, 0.15) is 19.4 Å². The van der Waals surface area contributed by atoms with Gasteiger partial charge in [-0.2, -0.15) is 0 Å². The monoisotopic (exact) mass is 315 g/mol. The lowest BCUT2D eigenvalue weighted by Crippen LogP contribution is -2.55. The zero-order valence-corrected chi connectivity index (χ0v) is 13.2. The van der Waals surface area contributed by atoms with Crippen molar-refractivity contribution in [1.29, 1.82) is 0 Å². The van der Waals surface area contributed by atoms with Crippen LogP contribution in [0.5, 0.6) is 0 Å². The Morgan fingerprint density at radius 2 is 2.05 bits per heavy atom. The van der Waals surface area contributed by atoms with E-state index in [1.807, 2.05) is 30.9 Å². The molecule has 1 fully saturated rings. The molecule has 5 heteroatoms. The molecule has 1 aliphatic rings. The summed E-state index contributed by atoms with van der Waals surface area (Å²) < 4.78 is 5.83. The third-order valence-corrected chi connectivity index (χ3v) is 3.87. The number of amides is 1. The molecule has 110 valence electrons. The standard InChI is InChI=1S/C15H19Cl2NO2/c1-15(2)10-18(9-13(8-16)20-15)14(19)7-11-3-5-12(17)6-4-11/h3-6,13H,7-10H2,1-2H3. The van der Waals surface area contributed by atoms with Gasteiger partial charge in [0, 0.05) is 18.1 Å². The Morgan fingerprint density at radius 3 is 2.65 bits per heavy atom. The van der Waals surface area contributed by atoms with E-state index in [1.54, 1.807) is 12.1 Å². The van der Waals surface area contributed by atoms with Crippen LogP contribution in [0.4, 0.5) is 0 Å². The number of hydrogen-bond acceptors (Lipinski definition) is 2. The molecule has 1 unspecified atom stereocenters. The maximum Gasteiger partial charge on any atom is 0.227 e. The number of morpholine rings is 1. The van der Waals surface area contributed by atoms with Gasteiger partial charge in [0.1, 0.15) is 0 Å². The van der Waals surface area contributed by atoms with E-state index < -0.39 is 0 Å². The van der Waals surface area contributed by atoms with Gasteiger partial charge in [0.2, 0.25) is 5.91 Å². The summed E-state index contributed by atoms with van der Waals surface area (Å²) in [6.45, 7) is 5.11. The fraction of sp³-hybridized carbons (Fsp3) is 0.533. The zero-order chi connectivity index (χ0) is 14.8. The second kappa shape index (κ2) is 6.33. The number of carbonyl (C=O) groups excluding carboxylic acids is 1. The summed E-state index contributed by atoms with van der Waals surface area (Å²) in [5, 5.41) is 0.677. The molecular weight excluding hydrogens is 297 g/mol. The summed E-state index contributed by atoms with van der Waals surface area (Å²) >= 11 is 11.7. The molecule has 0 N–H and O–H groups in total. The van der Waals surface area contributed by atoms with E-state index in [0.29, 0.717) is 30.4 Å². The zero-order valence-electron chi connectivity index (χ0n) is 11.7. The van der Waals surface area contributed by atoms with Crippen LogP contribution in [0, 0.1) is 0 Å². The quantitative estimate of drug-likeness (QED) is 0.802. The first-order valence-electron chi connectivity index (χ1n) is 6.65. The predicted octanol–water partition coefficient (Wildman–Crippen LogP) is 3.13. The van der Waals surface area contributed by atoms with Crippen molar-refractivity contribution >= 4 is 29.1 Å². The maximum atomic E-state index is 12.4. The number of benzene rings is 1. The van der Waals surface area contributed by atoms with Crippen molar-refractivity contribution in [1.82, 2.24) is 4.90 Å². The Morgan fingerprint density at radius 1 is 1.40 bits per heavy atom. The third-order valence-electron chi connectivity index (χ3n) is 3.27. The average Bonchev–Trinajstić information content (AvgIpc) is 2.39. The molecule has 0 aromatic heterocycles. The number of ether oxygens (including phenoxy) is 1. The van der Waals surface area contributed by atoms with Gasteiger partial charge >= 0.3 is 0 Å². The SMILES string of the molecule is CC1(C)CN(C(=O)Cc2ccc(Cl)cc2)CC(CCl)O1. The highest BCUT2D eigenvalue weighted by molar-refractivity contribution is 6.30. The first kappa shape index (κ1) is 15.6. The molecule has 1 aromatic carbocycles. The van der Waals surface area contributed by atoms with Gasteiger partial charge in [-0.25, -0.2) is 0 Å². The molecule has 0 saturated carbocycles. The summed E-state index contributed by atoms with van der Waals surface area (Å²) in [6.07, 6.45) is 0.275. The van der Waals surface area contributed by atoms with Gasteiger partial charge in [0.15, 0.2) is 0 Å². The van der Waals surface area contributed by atoms with Crippen molar-refractivity contribution < 1.29 is 9.53 Å². The molecule has 1 atom stereocenters. The average molecular weight is 316 g/mol. The van der Waals surface area contributed by atoms with Crippen molar-refractivity contribution in [3.05, 3.63) is 34.9 Å². The van der Waals surface area contributed by atoms with E-state index in [0.717, 1.165) is 5.56 Å². The molecule has 0 bridgehead atoms. The van der Waals surface area contributed by atoms with E-state index in [2.05, 4.69) is 0 Å².